The van der Waals surface area contributed by atoms with Crippen molar-refractivity contribution in [1.82, 2.24) is 5.32 Å². The quantitative estimate of drug-likeness (QED) is 0.572. The number of alkyl halides is 3. The van der Waals surface area contributed by atoms with Crippen LogP contribution in [0.5, 0.6) is 0 Å². The predicted octanol–water partition coefficient (Wildman–Crippen LogP) is 1.58. The van der Waals surface area contributed by atoms with E-state index in [1.165, 1.54) is 6.26 Å². The second-order valence-electron chi connectivity index (χ2n) is 1.95. The first-order valence-electron chi connectivity index (χ1n) is 3.05. The van der Waals surface area contributed by atoms with Crippen molar-refractivity contribution >= 4 is 11.8 Å². The molecule has 0 bridgehead atoms. The van der Waals surface area contributed by atoms with Gasteiger partial charge in [-0.05, 0) is 6.26 Å². The molecule has 13 heavy (non-hydrogen) atoms. The van der Waals surface area contributed by atoms with Crippen LogP contribution in [-0.2, 0) is 0 Å². The Morgan fingerprint density at radius 2 is 2.23 bits per heavy atom. The van der Waals surface area contributed by atoms with Crippen molar-refractivity contribution in [2.45, 2.75) is 6.18 Å². The minimum Gasteiger partial charge on any atom is -0.366 e. The molecule has 76 valence electrons. The van der Waals surface area contributed by atoms with Gasteiger partial charge in [-0.3, -0.25) is 10.1 Å². The maximum atomic E-state index is 11.6. The molecule has 0 fully saturated rings. The molecule has 0 radical (unpaired) electrons. The smallest absolute Gasteiger partial charge is 0.366 e. The first-order chi connectivity index (χ1) is 5.85. The second-order valence-corrected chi connectivity index (χ2v) is 2.80. The molecule has 0 aliphatic carbocycles. The highest BCUT2D eigenvalue weighted by atomic mass is 32.2. The highest BCUT2D eigenvalue weighted by Gasteiger charge is 2.27. The van der Waals surface area contributed by atoms with Crippen molar-refractivity contribution in [3.05, 3.63) is 21.3 Å². The topological polar surface area (TPSA) is 55.2 Å². The Bertz CT molecular complexity index is 216. The van der Waals surface area contributed by atoms with Crippen molar-refractivity contribution in [3.8, 4) is 0 Å². The molecule has 0 saturated heterocycles. The van der Waals surface area contributed by atoms with Gasteiger partial charge in [-0.25, -0.2) is 0 Å². The molecule has 0 aromatic rings. The Morgan fingerprint density at radius 1 is 1.69 bits per heavy atom. The number of halogens is 3. The Hall–Kier alpha value is -0.920. The van der Waals surface area contributed by atoms with E-state index >= 15 is 0 Å². The first-order valence-corrected chi connectivity index (χ1v) is 4.27. The molecule has 0 saturated carbocycles. The summed E-state index contributed by atoms with van der Waals surface area (Å²) >= 11 is 0.847. The maximum absolute atomic E-state index is 11.6. The van der Waals surface area contributed by atoms with Crippen LogP contribution in [-0.4, -0.2) is 23.9 Å². The van der Waals surface area contributed by atoms with Crippen LogP contribution in [0.3, 0.4) is 0 Å². The molecule has 0 aromatic carbocycles. The molecular formula is C5H7F3N2O2S. The van der Waals surface area contributed by atoms with Gasteiger partial charge in [0.05, 0.1) is 4.92 Å². The zero-order valence-corrected chi connectivity index (χ0v) is 7.41. The van der Waals surface area contributed by atoms with Gasteiger partial charge >= 0.3 is 6.18 Å². The molecule has 0 rings (SSSR count). The van der Waals surface area contributed by atoms with E-state index in [4.69, 9.17) is 0 Å². The Morgan fingerprint density at radius 3 is 2.54 bits per heavy atom. The molecule has 8 heteroatoms. The molecule has 1 N–H and O–H groups in total. The highest BCUT2D eigenvalue weighted by Crippen LogP contribution is 2.15. The van der Waals surface area contributed by atoms with Crippen molar-refractivity contribution in [1.29, 1.82) is 0 Å². The summed E-state index contributed by atoms with van der Waals surface area (Å²) in [6.45, 7) is -1.27. The number of thioether (sulfide) groups is 1. The second kappa shape index (κ2) is 4.95. The first kappa shape index (κ1) is 12.1. The third-order valence-electron chi connectivity index (χ3n) is 0.906. The standard InChI is InChI=1S/C5H7F3N2O2S/c1-13-4(2-10(11)12)9-3-5(6,7)8/h2,9H,3H2,1H3. The summed E-state index contributed by atoms with van der Waals surface area (Å²) in [5.41, 5.74) is 0. The van der Waals surface area contributed by atoms with Gasteiger partial charge in [0.2, 0.25) is 0 Å². The number of nitrogens with one attached hydrogen (secondary N) is 1. The van der Waals surface area contributed by atoms with Crippen LogP contribution in [0.25, 0.3) is 0 Å². The number of hydrogen-bond acceptors (Lipinski definition) is 4. The molecule has 0 amide bonds. The van der Waals surface area contributed by atoms with Gasteiger partial charge in [0.25, 0.3) is 6.20 Å². The lowest BCUT2D eigenvalue weighted by atomic mass is 10.6. The third-order valence-corrected chi connectivity index (χ3v) is 1.60. The van der Waals surface area contributed by atoms with Crippen molar-refractivity contribution in [3.63, 3.8) is 0 Å². The zero-order valence-electron chi connectivity index (χ0n) is 6.59. The van der Waals surface area contributed by atoms with Crippen LogP contribution in [0.1, 0.15) is 0 Å². The number of nitrogens with zero attached hydrogens (tertiary/aromatic N) is 1. The SMILES string of the molecule is CSC(=C[N+](=O)[O-])NCC(F)(F)F. The zero-order chi connectivity index (χ0) is 10.5. The molecule has 0 atom stereocenters. The molecule has 0 unspecified atom stereocenters. The van der Waals surface area contributed by atoms with Gasteiger partial charge in [0.15, 0.2) is 0 Å². The van der Waals surface area contributed by atoms with Crippen molar-refractivity contribution < 1.29 is 18.1 Å². The lowest BCUT2D eigenvalue weighted by molar-refractivity contribution is -0.403. The van der Waals surface area contributed by atoms with Gasteiger partial charge in [-0.15, -0.1) is 11.8 Å². The Kier molecular flexibility index (Phi) is 4.60. The van der Waals surface area contributed by atoms with E-state index in [9.17, 15) is 23.3 Å². The third kappa shape index (κ3) is 7.44. The highest BCUT2D eigenvalue weighted by molar-refractivity contribution is 8.02. The fourth-order valence-corrected chi connectivity index (χ4v) is 0.862. The molecular weight excluding hydrogens is 209 g/mol. The molecule has 0 spiro atoms. The maximum Gasteiger partial charge on any atom is 0.405 e. The van der Waals surface area contributed by atoms with Crippen LogP contribution in [0, 0.1) is 10.1 Å². The number of hydrogen-bond donors (Lipinski definition) is 1. The summed E-state index contributed by atoms with van der Waals surface area (Å²) in [4.78, 5) is 9.08. The minimum absolute atomic E-state index is 0.123. The van der Waals surface area contributed by atoms with E-state index in [0.29, 0.717) is 6.20 Å². The Balaban J connectivity index is 4.08. The number of nitro groups is 1. The van der Waals surface area contributed by atoms with E-state index in [1.54, 1.807) is 0 Å². The largest absolute Gasteiger partial charge is 0.405 e. The van der Waals surface area contributed by atoms with E-state index in [0.717, 1.165) is 11.8 Å². The molecule has 0 aromatic heterocycles. The minimum atomic E-state index is -4.37. The van der Waals surface area contributed by atoms with E-state index in [-0.39, 0.29) is 5.03 Å². The van der Waals surface area contributed by atoms with Crippen LogP contribution >= 0.6 is 11.8 Å². The fourth-order valence-electron chi connectivity index (χ4n) is 0.454. The van der Waals surface area contributed by atoms with Gasteiger partial charge in [0, 0.05) is 0 Å². The summed E-state index contributed by atoms with van der Waals surface area (Å²) in [5, 5.41) is 11.7. The van der Waals surface area contributed by atoms with Crippen molar-refractivity contribution in [2.75, 3.05) is 12.8 Å². The summed E-state index contributed by atoms with van der Waals surface area (Å²) in [6.07, 6.45) is -2.43. The summed E-state index contributed by atoms with van der Waals surface area (Å²) < 4.78 is 34.9. The van der Waals surface area contributed by atoms with E-state index in [2.05, 4.69) is 0 Å². The monoisotopic (exact) mass is 216 g/mol. The van der Waals surface area contributed by atoms with E-state index < -0.39 is 17.6 Å². The number of rotatable bonds is 4. The predicted molar refractivity (Wildman–Crippen MR) is 42.7 cm³/mol. The Labute approximate surface area is 76.3 Å². The van der Waals surface area contributed by atoms with Gasteiger partial charge in [0.1, 0.15) is 11.6 Å². The fraction of sp³-hybridized carbons (Fsp3) is 0.600. The summed E-state index contributed by atoms with van der Waals surface area (Å²) in [6, 6.07) is 0. The average Bonchev–Trinajstić information content (AvgIpc) is 1.95. The normalized spacial score (nSPS) is 12.8. The van der Waals surface area contributed by atoms with Crippen LogP contribution in [0.2, 0.25) is 0 Å². The summed E-state index contributed by atoms with van der Waals surface area (Å²) in [5.74, 6) is 0. The molecule has 0 aliphatic rings. The lowest BCUT2D eigenvalue weighted by Gasteiger charge is -2.08. The van der Waals surface area contributed by atoms with Gasteiger partial charge in [-0.1, -0.05) is 0 Å². The van der Waals surface area contributed by atoms with Gasteiger partial charge in [-0.2, -0.15) is 13.2 Å². The molecule has 4 nitrogen and oxygen atoms in total. The van der Waals surface area contributed by atoms with Gasteiger partial charge < -0.3 is 5.32 Å². The summed E-state index contributed by atoms with van der Waals surface area (Å²) in [7, 11) is 0. The van der Waals surface area contributed by atoms with Crippen LogP contribution in [0.15, 0.2) is 11.2 Å². The molecule has 0 aliphatic heterocycles. The van der Waals surface area contributed by atoms with E-state index in [1.807, 2.05) is 5.32 Å². The molecule has 0 heterocycles. The van der Waals surface area contributed by atoms with Crippen LogP contribution < -0.4 is 5.32 Å². The average molecular weight is 216 g/mol. The van der Waals surface area contributed by atoms with Crippen molar-refractivity contribution in [2.24, 2.45) is 0 Å². The lowest BCUT2D eigenvalue weighted by Crippen LogP contribution is -2.27. The van der Waals surface area contributed by atoms with Crippen LogP contribution in [0.4, 0.5) is 13.2 Å².